The Morgan fingerprint density at radius 2 is 1.61 bits per heavy atom. The maximum atomic E-state index is 14.2. The van der Waals surface area contributed by atoms with E-state index in [2.05, 4.69) is 29.6 Å². The number of anilines is 1. The molecule has 0 unspecified atom stereocenters. The number of allylic oxidation sites excluding steroid dienone is 1. The molecule has 6 aromatic rings. The Kier molecular flexibility index (Phi) is 8.83. The van der Waals surface area contributed by atoms with Crippen LogP contribution in [0.2, 0.25) is 0 Å². The number of amides is 1. The molecule has 244 valence electrons. The number of carbonyl (C=O) groups excluding carboxylic acids is 1. The molecule has 2 heterocycles. The first-order chi connectivity index (χ1) is 23.9. The Morgan fingerprint density at radius 1 is 0.878 bits per heavy atom. The highest BCUT2D eigenvalue weighted by molar-refractivity contribution is 7.07. The zero-order chi connectivity index (χ0) is 33.9. The minimum Gasteiger partial charge on any atom is -0.497 e. The van der Waals surface area contributed by atoms with Gasteiger partial charge in [-0.25, -0.2) is 4.99 Å². The number of methoxy groups -OCH3 is 2. The van der Waals surface area contributed by atoms with Gasteiger partial charge in [0.1, 0.15) is 29.9 Å². The smallest absolute Gasteiger partial charge is 0.271 e. The normalized spacial score (nSPS) is 14.3. The van der Waals surface area contributed by atoms with Gasteiger partial charge < -0.3 is 19.5 Å². The van der Waals surface area contributed by atoms with Crippen molar-refractivity contribution >= 4 is 39.8 Å². The third-order valence-electron chi connectivity index (χ3n) is 8.49. The Morgan fingerprint density at radius 3 is 2.39 bits per heavy atom. The first-order valence-electron chi connectivity index (χ1n) is 15.7. The molecular weight excluding hydrogens is 635 g/mol. The lowest BCUT2D eigenvalue weighted by Gasteiger charge is -2.26. The van der Waals surface area contributed by atoms with Crippen LogP contribution in [0.15, 0.2) is 136 Å². The summed E-state index contributed by atoms with van der Waals surface area (Å²) in [5.41, 5.74) is 3.81. The molecule has 9 heteroatoms. The van der Waals surface area contributed by atoms with Gasteiger partial charge in [0, 0.05) is 17.3 Å². The quantitative estimate of drug-likeness (QED) is 0.187. The van der Waals surface area contributed by atoms with Crippen molar-refractivity contribution in [1.29, 1.82) is 0 Å². The maximum absolute atomic E-state index is 14.2. The zero-order valence-electron chi connectivity index (χ0n) is 27.2. The van der Waals surface area contributed by atoms with Gasteiger partial charge in [0.15, 0.2) is 4.80 Å². The second kappa shape index (κ2) is 13.7. The predicted molar refractivity (Wildman–Crippen MR) is 193 cm³/mol. The Hall–Kier alpha value is -5.93. The molecule has 1 atom stereocenters. The molecular formula is C40H33N3O5S. The third kappa shape index (κ3) is 6.36. The van der Waals surface area contributed by atoms with Crippen LogP contribution >= 0.6 is 11.3 Å². The third-order valence-corrected chi connectivity index (χ3v) is 9.47. The molecule has 5 aromatic carbocycles. The van der Waals surface area contributed by atoms with Crippen LogP contribution in [0.4, 0.5) is 5.69 Å². The van der Waals surface area contributed by atoms with Gasteiger partial charge in [-0.1, -0.05) is 84.1 Å². The minimum absolute atomic E-state index is 0.264. The van der Waals surface area contributed by atoms with Gasteiger partial charge in [-0.2, -0.15) is 0 Å². The highest BCUT2D eigenvalue weighted by Gasteiger charge is 2.34. The number of carbonyl (C=O) groups is 1. The van der Waals surface area contributed by atoms with E-state index in [-0.39, 0.29) is 11.5 Å². The van der Waals surface area contributed by atoms with Gasteiger partial charge in [0.25, 0.3) is 11.5 Å². The number of hydrogen-bond donors (Lipinski definition) is 1. The minimum atomic E-state index is -0.798. The summed E-state index contributed by atoms with van der Waals surface area (Å²) in [7, 11) is 3.13. The molecule has 0 saturated heterocycles. The highest BCUT2D eigenvalue weighted by Crippen LogP contribution is 2.37. The van der Waals surface area contributed by atoms with Gasteiger partial charge in [-0.15, -0.1) is 0 Å². The lowest BCUT2D eigenvalue weighted by Crippen LogP contribution is -2.40. The van der Waals surface area contributed by atoms with E-state index in [0.29, 0.717) is 50.0 Å². The van der Waals surface area contributed by atoms with Crippen molar-refractivity contribution in [2.24, 2.45) is 4.99 Å². The van der Waals surface area contributed by atoms with Gasteiger partial charge in [-0.3, -0.25) is 14.2 Å². The fraction of sp³-hybridized carbons (Fsp3) is 0.125. The standard InChI is InChI=1S/C40H33N3O5S/c1-25-36(38(44)42-29-13-5-4-6-14-29)37(33-21-20-31(46-2)23-34(33)47-3)43-39(45)35(49-40(43)41-25)22-26-16-18-30(19-17-26)48-24-28-12-9-11-27-10-7-8-15-32(27)28/h4-23,37H,24H2,1-3H3,(H,42,44)/b35-22-/t37-/m0/s1. The predicted octanol–water partition coefficient (Wildman–Crippen LogP) is 6.62. The highest BCUT2D eigenvalue weighted by atomic mass is 32.1. The van der Waals surface area contributed by atoms with E-state index >= 15 is 0 Å². The molecule has 1 aliphatic heterocycles. The van der Waals surface area contributed by atoms with E-state index in [1.165, 1.54) is 22.1 Å². The van der Waals surface area contributed by atoms with Crippen molar-refractivity contribution in [2.45, 2.75) is 19.6 Å². The molecule has 0 fully saturated rings. The number of rotatable bonds is 9. The van der Waals surface area contributed by atoms with Crippen LogP contribution in [0, 0.1) is 0 Å². The molecule has 1 aromatic heterocycles. The Bertz CT molecular complexity index is 2390. The van der Waals surface area contributed by atoms with Crippen molar-refractivity contribution < 1.29 is 19.0 Å². The number of thiazole rings is 1. The van der Waals surface area contributed by atoms with E-state index < -0.39 is 6.04 Å². The van der Waals surface area contributed by atoms with Crippen molar-refractivity contribution in [3.8, 4) is 17.2 Å². The Balaban J connectivity index is 1.24. The number of para-hydroxylation sites is 1. The summed E-state index contributed by atoms with van der Waals surface area (Å²) in [6.07, 6.45) is 1.84. The summed E-state index contributed by atoms with van der Waals surface area (Å²) in [4.78, 5) is 33.4. The molecule has 0 bridgehead atoms. The topological polar surface area (TPSA) is 91.2 Å². The lowest BCUT2D eigenvalue weighted by molar-refractivity contribution is -0.113. The second-order valence-electron chi connectivity index (χ2n) is 11.5. The largest absolute Gasteiger partial charge is 0.497 e. The summed E-state index contributed by atoms with van der Waals surface area (Å²) in [5, 5.41) is 5.32. The van der Waals surface area contributed by atoms with Crippen molar-refractivity contribution in [3.63, 3.8) is 0 Å². The lowest BCUT2D eigenvalue weighted by atomic mass is 9.94. The molecule has 1 aliphatic rings. The van der Waals surface area contributed by atoms with Crippen LogP contribution in [-0.4, -0.2) is 24.7 Å². The molecule has 0 saturated carbocycles. The van der Waals surface area contributed by atoms with Crippen LogP contribution in [0.25, 0.3) is 16.8 Å². The maximum Gasteiger partial charge on any atom is 0.271 e. The van der Waals surface area contributed by atoms with Gasteiger partial charge >= 0.3 is 0 Å². The van der Waals surface area contributed by atoms with Gasteiger partial charge in [0.2, 0.25) is 0 Å². The van der Waals surface area contributed by atoms with Gasteiger partial charge in [-0.05, 0) is 71.3 Å². The first kappa shape index (κ1) is 31.7. The van der Waals surface area contributed by atoms with Crippen LogP contribution in [0.5, 0.6) is 17.2 Å². The van der Waals surface area contributed by atoms with Crippen LogP contribution < -0.4 is 34.4 Å². The Labute approximate surface area is 286 Å². The molecule has 1 amide bonds. The van der Waals surface area contributed by atoms with Crippen molar-refractivity contribution in [2.75, 3.05) is 19.5 Å². The fourth-order valence-electron chi connectivity index (χ4n) is 6.06. The number of ether oxygens (including phenoxy) is 3. The monoisotopic (exact) mass is 667 g/mol. The average molecular weight is 668 g/mol. The van der Waals surface area contributed by atoms with E-state index in [9.17, 15) is 9.59 Å². The first-order valence-corrected chi connectivity index (χ1v) is 16.6. The fourth-order valence-corrected chi connectivity index (χ4v) is 7.11. The van der Waals surface area contributed by atoms with Gasteiger partial charge in [0.05, 0.1) is 30.0 Å². The molecule has 0 radical (unpaired) electrons. The molecule has 49 heavy (non-hydrogen) atoms. The van der Waals surface area contributed by atoms with E-state index in [0.717, 1.165) is 16.9 Å². The second-order valence-corrected chi connectivity index (χ2v) is 12.5. The van der Waals surface area contributed by atoms with Crippen LogP contribution in [0.3, 0.4) is 0 Å². The number of benzene rings is 5. The summed E-state index contributed by atoms with van der Waals surface area (Å²) < 4.78 is 19.4. The average Bonchev–Trinajstić information content (AvgIpc) is 3.44. The molecule has 0 aliphatic carbocycles. The SMILES string of the molecule is COc1ccc([C@H]2C(C(=O)Nc3ccccc3)=C(C)N=c3s/c(=C\c4ccc(OCc5cccc6ccccc56)cc4)c(=O)n32)c(OC)c1. The zero-order valence-corrected chi connectivity index (χ0v) is 28.0. The number of hydrogen-bond acceptors (Lipinski definition) is 7. The summed E-state index contributed by atoms with van der Waals surface area (Å²) in [6, 6.07) is 35.9. The number of nitrogens with one attached hydrogen (secondary N) is 1. The van der Waals surface area contributed by atoms with Crippen molar-refractivity contribution in [1.82, 2.24) is 4.57 Å². The van der Waals surface area contributed by atoms with Crippen LogP contribution in [-0.2, 0) is 11.4 Å². The number of fused-ring (bicyclic) bond motifs is 2. The molecule has 0 spiro atoms. The van der Waals surface area contributed by atoms with E-state index in [1.54, 1.807) is 37.8 Å². The summed E-state index contributed by atoms with van der Waals surface area (Å²) >= 11 is 1.28. The molecule has 7 rings (SSSR count). The number of nitrogens with zero attached hydrogens (tertiary/aromatic N) is 2. The van der Waals surface area contributed by atoms with Crippen molar-refractivity contribution in [3.05, 3.63) is 163 Å². The van der Waals surface area contributed by atoms with E-state index in [1.807, 2.05) is 84.9 Å². The summed E-state index contributed by atoms with van der Waals surface area (Å²) in [5.74, 6) is 1.44. The molecule has 1 N–H and O–H groups in total. The van der Waals surface area contributed by atoms with E-state index in [4.69, 9.17) is 19.2 Å². The summed E-state index contributed by atoms with van der Waals surface area (Å²) in [6.45, 7) is 2.23. The number of aromatic nitrogens is 1. The van der Waals surface area contributed by atoms with Crippen LogP contribution in [0.1, 0.15) is 29.7 Å². The molecule has 8 nitrogen and oxygen atoms in total.